The summed E-state index contributed by atoms with van der Waals surface area (Å²) in [5.41, 5.74) is 0.503. The van der Waals surface area contributed by atoms with E-state index in [9.17, 15) is 0 Å². The molecule has 2 aliphatic rings. The molecule has 2 heterocycles. The third kappa shape index (κ3) is 5.86. The molecule has 0 spiro atoms. The predicted molar refractivity (Wildman–Crippen MR) is 86.8 cm³/mol. The molecule has 20 heavy (non-hydrogen) atoms. The largest absolute Gasteiger partial charge is 0.377 e. The van der Waals surface area contributed by atoms with Gasteiger partial charge in [-0.15, -0.1) is 12.4 Å². The standard InChI is InChI=1S/C15H31N3O.ClH/c1-14(2)19-11-10-17-6-8-18(9-7-17)13-15(3)4-5-16-12-15;/h14,16H,4-13H2,1-3H3;1H. The lowest BCUT2D eigenvalue weighted by Crippen LogP contribution is -2.50. The second-order valence-corrected chi connectivity index (χ2v) is 6.77. The van der Waals surface area contributed by atoms with Crippen LogP contribution in [0.5, 0.6) is 0 Å². The Balaban J connectivity index is 0.00000200. The van der Waals surface area contributed by atoms with Gasteiger partial charge in [-0.2, -0.15) is 0 Å². The first-order chi connectivity index (χ1) is 9.07. The van der Waals surface area contributed by atoms with Gasteiger partial charge in [0.15, 0.2) is 0 Å². The maximum atomic E-state index is 5.63. The molecule has 4 nitrogen and oxygen atoms in total. The van der Waals surface area contributed by atoms with Crippen LogP contribution < -0.4 is 5.32 Å². The summed E-state index contributed by atoms with van der Waals surface area (Å²) in [5, 5.41) is 3.50. The van der Waals surface area contributed by atoms with Crippen molar-refractivity contribution in [3.05, 3.63) is 0 Å². The van der Waals surface area contributed by atoms with E-state index in [0.717, 1.165) is 13.2 Å². The molecule has 0 amide bonds. The number of halogens is 1. The van der Waals surface area contributed by atoms with Crippen LogP contribution in [0.25, 0.3) is 0 Å². The van der Waals surface area contributed by atoms with E-state index in [2.05, 4.69) is 35.9 Å². The Kier molecular flexibility index (Phi) is 7.77. The summed E-state index contributed by atoms with van der Waals surface area (Å²) < 4.78 is 5.63. The molecule has 0 aromatic carbocycles. The van der Waals surface area contributed by atoms with Crippen molar-refractivity contribution in [2.45, 2.75) is 33.3 Å². The summed E-state index contributed by atoms with van der Waals surface area (Å²) in [6.45, 7) is 17.1. The van der Waals surface area contributed by atoms with Crippen molar-refractivity contribution in [3.8, 4) is 0 Å². The Morgan fingerprint density at radius 2 is 1.80 bits per heavy atom. The number of rotatable bonds is 6. The molecule has 5 heteroatoms. The van der Waals surface area contributed by atoms with Gasteiger partial charge in [-0.25, -0.2) is 0 Å². The van der Waals surface area contributed by atoms with Crippen molar-refractivity contribution in [1.82, 2.24) is 15.1 Å². The van der Waals surface area contributed by atoms with Crippen LogP contribution in [0.2, 0.25) is 0 Å². The number of nitrogens with one attached hydrogen (secondary N) is 1. The fourth-order valence-electron chi connectivity index (χ4n) is 3.13. The zero-order chi connectivity index (χ0) is 13.7. The summed E-state index contributed by atoms with van der Waals surface area (Å²) in [4.78, 5) is 5.18. The van der Waals surface area contributed by atoms with Gasteiger partial charge in [0.2, 0.25) is 0 Å². The monoisotopic (exact) mass is 305 g/mol. The third-order valence-corrected chi connectivity index (χ3v) is 4.39. The maximum Gasteiger partial charge on any atom is 0.0596 e. The minimum Gasteiger partial charge on any atom is -0.377 e. The highest BCUT2D eigenvalue weighted by atomic mass is 35.5. The van der Waals surface area contributed by atoms with Crippen molar-refractivity contribution < 1.29 is 4.74 Å². The van der Waals surface area contributed by atoms with Crippen LogP contribution in [-0.2, 0) is 4.74 Å². The van der Waals surface area contributed by atoms with Gasteiger partial charge in [0.1, 0.15) is 0 Å². The SMILES string of the molecule is CC(C)OCCN1CCN(CC2(C)CCNC2)CC1.Cl. The maximum absolute atomic E-state index is 5.63. The van der Waals surface area contributed by atoms with Crippen LogP contribution in [0.4, 0.5) is 0 Å². The van der Waals surface area contributed by atoms with Crippen molar-refractivity contribution in [1.29, 1.82) is 0 Å². The summed E-state index contributed by atoms with van der Waals surface area (Å²) in [6.07, 6.45) is 1.69. The lowest BCUT2D eigenvalue weighted by atomic mass is 9.89. The Hall–Kier alpha value is 0.130. The molecule has 1 atom stereocenters. The molecule has 1 N–H and O–H groups in total. The quantitative estimate of drug-likeness (QED) is 0.804. The van der Waals surface area contributed by atoms with Gasteiger partial charge in [0.05, 0.1) is 12.7 Å². The van der Waals surface area contributed by atoms with Crippen molar-refractivity contribution in [2.24, 2.45) is 5.41 Å². The fraction of sp³-hybridized carbons (Fsp3) is 1.00. The second kappa shape index (κ2) is 8.54. The number of piperazine rings is 1. The number of hydrogen-bond acceptors (Lipinski definition) is 4. The van der Waals surface area contributed by atoms with Crippen LogP contribution in [-0.4, -0.2) is 74.9 Å². The van der Waals surface area contributed by atoms with Gasteiger partial charge in [0.25, 0.3) is 0 Å². The molecular formula is C15H32ClN3O. The normalized spacial score (nSPS) is 28.8. The molecule has 0 aromatic heterocycles. The molecule has 120 valence electrons. The first-order valence-corrected chi connectivity index (χ1v) is 7.84. The molecule has 0 aliphatic carbocycles. The Morgan fingerprint density at radius 1 is 1.15 bits per heavy atom. The number of nitrogens with zero attached hydrogens (tertiary/aromatic N) is 2. The average Bonchev–Trinajstić information content (AvgIpc) is 2.78. The van der Waals surface area contributed by atoms with E-state index >= 15 is 0 Å². The second-order valence-electron chi connectivity index (χ2n) is 6.77. The number of ether oxygens (including phenoxy) is 1. The van der Waals surface area contributed by atoms with Gasteiger partial charge < -0.3 is 15.0 Å². The number of hydrogen-bond donors (Lipinski definition) is 1. The first kappa shape index (κ1) is 18.2. The van der Waals surface area contributed by atoms with E-state index in [1.54, 1.807) is 0 Å². The smallest absolute Gasteiger partial charge is 0.0596 e. The van der Waals surface area contributed by atoms with Gasteiger partial charge in [-0.1, -0.05) is 6.92 Å². The van der Waals surface area contributed by atoms with Crippen LogP contribution >= 0.6 is 12.4 Å². The van der Waals surface area contributed by atoms with E-state index in [1.807, 2.05) is 0 Å². The lowest BCUT2D eigenvalue weighted by molar-refractivity contribution is 0.0390. The minimum absolute atomic E-state index is 0. The molecule has 1 unspecified atom stereocenters. The first-order valence-electron chi connectivity index (χ1n) is 7.84. The van der Waals surface area contributed by atoms with Gasteiger partial charge in [-0.05, 0) is 32.2 Å². The van der Waals surface area contributed by atoms with E-state index in [0.29, 0.717) is 11.5 Å². The Labute approximate surface area is 130 Å². The summed E-state index contributed by atoms with van der Waals surface area (Å²) in [6, 6.07) is 0. The van der Waals surface area contributed by atoms with Crippen molar-refractivity contribution >= 4 is 12.4 Å². The molecular weight excluding hydrogens is 274 g/mol. The van der Waals surface area contributed by atoms with E-state index in [4.69, 9.17) is 4.74 Å². The molecule has 0 bridgehead atoms. The van der Waals surface area contributed by atoms with Crippen LogP contribution in [0.1, 0.15) is 27.2 Å². The highest BCUT2D eigenvalue weighted by molar-refractivity contribution is 5.85. The lowest BCUT2D eigenvalue weighted by Gasteiger charge is -2.38. The van der Waals surface area contributed by atoms with E-state index < -0.39 is 0 Å². The van der Waals surface area contributed by atoms with Crippen LogP contribution in [0, 0.1) is 5.41 Å². The molecule has 0 radical (unpaired) electrons. The Bertz CT molecular complexity index is 262. The zero-order valence-corrected chi connectivity index (χ0v) is 14.2. The summed E-state index contributed by atoms with van der Waals surface area (Å²) in [7, 11) is 0. The van der Waals surface area contributed by atoms with Gasteiger partial charge in [0, 0.05) is 45.8 Å². The summed E-state index contributed by atoms with van der Waals surface area (Å²) in [5.74, 6) is 0. The highest BCUT2D eigenvalue weighted by Gasteiger charge is 2.31. The van der Waals surface area contributed by atoms with E-state index in [1.165, 1.54) is 52.2 Å². The fourth-order valence-corrected chi connectivity index (χ4v) is 3.13. The summed E-state index contributed by atoms with van der Waals surface area (Å²) >= 11 is 0. The third-order valence-electron chi connectivity index (χ3n) is 4.39. The highest BCUT2D eigenvalue weighted by Crippen LogP contribution is 2.26. The van der Waals surface area contributed by atoms with Gasteiger partial charge in [-0.3, -0.25) is 4.90 Å². The predicted octanol–water partition coefficient (Wildman–Crippen LogP) is 1.45. The molecule has 2 fully saturated rings. The average molecular weight is 306 g/mol. The van der Waals surface area contributed by atoms with Gasteiger partial charge >= 0.3 is 0 Å². The van der Waals surface area contributed by atoms with E-state index in [-0.39, 0.29) is 12.4 Å². The molecule has 0 saturated carbocycles. The molecule has 2 rings (SSSR count). The molecule has 2 saturated heterocycles. The van der Waals surface area contributed by atoms with Crippen molar-refractivity contribution in [2.75, 3.05) is 59.0 Å². The van der Waals surface area contributed by atoms with Crippen LogP contribution in [0.15, 0.2) is 0 Å². The Morgan fingerprint density at radius 3 is 2.35 bits per heavy atom. The van der Waals surface area contributed by atoms with Crippen molar-refractivity contribution in [3.63, 3.8) is 0 Å². The topological polar surface area (TPSA) is 27.7 Å². The zero-order valence-electron chi connectivity index (χ0n) is 13.4. The molecule has 2 aliphatic heterocycles. The molecule has 0 aromatic rings. The minimum atomic E-state index is 0. The van der Waals surface area contributed by atoms with Crippen LogP contribution in [0.3, 0.4) is 0 Å².